The van der Waals surface area contributed by atoms with Crippen LogP contribution in [0.3, 0.4) is 0 Å². The third-order valence-corrected chi connectivity index (χ3v) is 13.0. The van der Waals surface area contributed by atoms with Crippen molar-refractivity contribution in [2.45, 2.75) is 0 Å². The smallest absolute Gasteiger partial charge is 0.000185 e. The fourth-order valence-electron chi connectivity index (χ4n) is 0. The molecule has 0 bridgehead atoms. The van der Waals surface area contributed by atoms with E-state index < -0.39 is 0 Å². The number of halogens is 1. The molecule has 0 nitrogen and oxygen atoms in total. The molecule has 38 valence electrons. The second-order valence-electron chi connectivity index (χ2n) is 0.588. The van der Waals surface area contributed by atoms with Gasteiger partial charge in [0.2, 0.25) is 0 Å². The summed E-state index contributed by atoms with van der Waals surface area (Å²) in [6.45, 7) is 0.0740. The Labute approximate surface area is 62.3 Å². The zero-order valence-corrected chi connectivity index (χ0v) is 8.43. The van der Waals surface area contributed by atoms with Crippen molar-refractivity contribution >= 4 is 56.8 Å². The maximum absolute atomic E-state index is 4.75. The van der Waals surface area contributed by atoms with E-state index in [1.165, 1.54) is 0 Å². The van der Waals surface area contributed by atoms with Crippen LogP contribution in [0.25, 0.3) is 0 Å². The summed E-state index contributed by atoms with van der Waals surface area (Å²) in [4.78, 5) is 0. The zero-order valence-electron chi connectivity index (χ0n) is 3.01. The summed E-state index contributed by atoms with van der Waals surface area (Å²) in [5.41, 5.74) is 0. The lowest BCUT2D eigenvalue weighted by Gasteiger charge is -1.70. The molecule has 1 unspecified atom stereocenters. The zero-order chi connectivity index (χ0) is 5.15. The monoisotopic (exact) mass is 270 g/mol. The summed E-state index contributed by atoms with van der Waals surface area (Å²) in [5.74, 6) is 0. The highest BCUT2D eigenvalue weighted by Crippen LogP contribution is 1.87. The van der Waals surface area contributed by atoms with E-state index in [1.807, 2.05) is 0 Å². The predicted octanol–water partition coefficient (Wildman–Crippen LogP) is 1.04. The van der Waals surface area contributed by atoms with Gasteiger partial charge in [0.15, 0.2) is 0 Å². The Morgan fingerprint density at radius 2 is 1.67 bits per heavy atom. The fourth-order valence-corrected chi connectivity index (χ4v) is 0. The second-order valence-corrected chi connectivity index (χ2v) is 13.9. The van der Waals surface area contributed by atoms with Gasteiger partial charge in [-0.1, -0.05) is 6.63 Å². The molecule has 1 atom stereocenters. The van der Waals surface area contributed by atoms with Crippen molar-refractivity contribution < 1.29 is 0 Å². The van der Waals surface area contributed by atoms with Crippen LogP contribution in [0.1, 0.15) is 0 Å². The fraction of sp³-hybridized carbons (Fsp3) is 1.00. The van der Waals surface area contributed by atoms with Crippen molar-refractivity contribution in [3.05, 3.63) is 0 Å². The van der Waals surface area contributed by atoms with Gasteiger partial charge in [0.1, 0.15) is 0 Å². The lowest BCUT2D eigenvalue weighted by molar-refractivity contribution is 2.54. The van der Waals surface area contributed by atoms with Crippen molar-refractivity contribution in [2.75, 3.05) is 6.26 Å². The van der Waals surface area contributed by atoms with Crippen molar-refractivity contribution in [1.82, 2.24) is 0 Å². The Morgan fingerprint density at radius 3 is 1.67 bits per heavy atom. The minimum absolute atomic E-state index is 0.186. The molecule has 0 amide bonds. The average molecular weight is 270 g/mol. The Morgan fingerprint density at radius 1 is 1.50 bits per heavy atom. The molecular weight excluding hydrogens is 267 g/mol. The quantitative estimate of drug-likeness (QED) is 0.476. The summed E-state index contributed by atoms with van der Waals surface area (Å²) < 4.78 is 0. The predicted molar refractivity (Wildman–Crippen MR) is 49.4 cm³/mol. The molecule has 0 aliphatic heterocycles. The SMILES string of the molecule is CS(I)=S(=S)=S. The summed E-state index contributed by atoms with van der Waals surface area (Å²) in [6.07, 6.45) is 2.06. The van der Waals surface area contributed by atoms with Crippen LogP contribution in [-0.2, 0) is 35.6 Å². The molecule has 0 fully saturated rings. The number of rotatable bonds is 0. The maximum Gasteiger partial charge on any atom is 0.000185 e. The van der Waals surface area contributed by atoms with E-state index in [0.29, 0.717) is 0 Å². The molecule has 0 aromatic rings. The minimum Gasteiger partial charge on any atom is -0.0609 e. The summed E-state index contributed by atoms with van der Waals surface area (Å²) >= 11 is 11.8. The summed E-state index contributed by atoms with van der Waals surface area (Å²) in [7, 11) is 0. The first-order valence-corrected chi connectivity index (χ1v) is 8.83. The second kappa shape index (κ2) is 3.71. The van der Waals surface area contributed by atoms with E-state index in [2.05, 4.69) is 27.5 Å². The molecule has 0 aromatic carbocycles. The molecule has 0 aromatic heterocycles. The molecular formula is CH3IS4. The third kappa shape index (κ3) is 3.91. The van der Waals surface area contributed by atoms with Crippen LogP contribution >= 0.6 is 21.2 Å². The highest BCUT2D eigenvalue weighted by molar-refractivity contribution is 14.2. The van der Waals surface area contributed by atoms with Crippen molar-refractivity contribution in [2.24, 2.45) is 0 Å². The molecule has 0 aliphatic rings. The Hall–Kier alpha value is 1.74. The van der Waals surface area contributed by atoms with Gasteiger partial charge in [-0.05, 0) is 35.2 Å². The molecule has 0 N–H and O–H groups in total. The van der Waals surface area contributed by atoms with E-state index in [-0.39, 0.29) is 13.2 Å². The maximum atomic E-state index is 4.75. The van der Waals surface area contributed by atoms with Crippen molar-refractivity contribution in [3.8, 4) is 0 Å². The van der Waals surface area contributed by atoms with Crippen LogP contribution in [0.2, 0.25) is 0 Å². The molecule has 0 heterocycles. The highest BCUT2D eigenvalue weighted by Gasteiger charge is 1.64. The summed E-state index contributed by atoms with van der Waals surface area (Å²) in [6, 6.07) is 0. The third-order valence-electron chi connectivity index (χ3n) is 0.188. The van der Waals surface area contributed by atoms with Gasteiger partial charge in [-0.15, -0.1) is 0 Å². The molecule has 0 rings (SSSR count). The van der Waals surface area contributed by atoms with Crippen LogP contribution in [0, 0.1) is 0 Å². The first kappa shape index (κ1) is 7.74. The van der Waals surface area contributed by atoms with E-state index in [4.69, 9.17) is 22.4 Å². The topological polar surface area (TPSA) is 0 Å². The highest BCUT2D eigenvalue weighted by atomic mass is 127. The first-order chi connectivity index (χ1) is 2.64. The van der Waals surface area contributed by atoms with Gasteiger partial charge in [0.05, 0.1) is 0 Å². The molecule has 0 saturated heterocycles. The van der Waals surface area contributed by atoms with E-state index >= 15 is 0 Å². The van der Waals surface area contributed by atoms with E-state index in [0.717, 1.165) is 0 Å². The van der Waals surface area contributed by atoms with Gasteiger partial charge in [-0.2, -0.15) is 0 Å². The van der Waals surface area contributed by atoms with Gasteiger partial charge in [-0.3, -0.25) is 0 Å². The van der Waals surface area contributed by atoms with E-state index in [1.54, 1.807) is 0 Å². The van der Waals surface area contributed by atoms with E-state index in [9.17, 15) is 0 Å². The number of hydrogen-bond donors (Lipinski definition) is 0. The molecule has 0 spiro atoms. The normalized spacial score (nSPS) is 13.7. The summed E-state index contributed by atoms with van der Waals surface area (Å²) in [5, 5.41) is 0. The molecule has 5 heteroatoms. The lowest BCUT2D eigenvalue weighted by atomic mass is 12.0. The standard InChI is InChI=1S/CH3IS4/c1-5(2)6(3)4/h1H3. The Balaban J connectivity index is 4.58. The van der Waals surface area contributed by atoms with Crippen LogP contribution in [0.5, 0.6) is 0 Å². The average Bonchev–Trinajstić information content (AvgIpc) is 1.36. The Kier molecular flexibility index (Phi) is 4.78. The minimum atomic E-state index is -0.186. The van der Waals surface area contributed by atoms with Crippen molar-refractivity contribution in [3.63, 3.8) is 0 Å². The van der Waals surface area contributed by atoms with Gasteiger partial charge < -0.3 is 0 Å². The van der Waals surface area contributed by atoms with Gasteiger partial charge in [0, 0.05) is 21.2 Å². The molecule has 0 saturated carbocycles. The largest absolute Gasteiger partial charge is 0.0609 e. The van der Waals surface area contributed by atoms with Crippen LogP contribution in [0.15, 0.2) is 0 Å². The Bertz CT molecular complexity index is 138. The molecule has 6 heavy (non-hydrogen) atoms. The first-order valence-electron chi connectivity index (χ1n) is 1.06. The van der Waals surface area contributed by atoms with Crippen molar-refractivity contribution in [1.29, 1.82) is 0 Å². The van der Waals surface area contributed by atoms with Gasteiger partial charge in [-0.25, -0.2) is 0 Å². The lowest BCUT2D eigenvalue weighted by Crippen LogP contribution is -1.61. The van der Waals surface area contributed by atoms with Crippen LogP contribution < -0.4 is 0 Å². The van der Waals surface area contributed by atoms with Gasteiger partial charge in [0.25, 0.3) is 0 Å². The molecule has 0 radical (unpaired) electrons. The van der Waals surface area contributed by atoms with Gasteiger partial charge >= 0.3 is 0 Å². The van der Waals surface area contributed by atoms with Crippen LogP contribution in [0.4, 0.5) is 0 Å². The molecule has 0 aliphatic carbocycles. The van der Waals surface area contributed by atoms with Crippen LogP contribution in [-0.4, -0.2) is 6.26 Å². The number of hydrogen-bond acceptors (Lipinski definition) is 2.